The number of nitrogens with one attached hydrogen (secondary N) is 1. The minimum Gasteiger partial charge on any atom is -0.373 e. The van der Waals surface area contributed by atoms with E-state index in [-0.39, 0.29) is 0 Å². The van der Waals surface area contributed by atoms with Gasteiger partial charge in [0.05, 0.1) is 0 Å². The molecule has 0 aliphatic carbocycles. The predicted octanol–water partition coefficient (Wildman–Crippen LogP) is 0.627. The average molecular weight is 122 g/mol. The lowest BCUT2D eigenvalue weighted by Gasteiger charge is -1.98. The van der Waals surface area contributed by atoms with E-state index in [0.29, 0.717) is 0 Å². The molecule has 0 spiro atoms. The van der Waals surface area contributed by atoms with Gasteiger partial charge in [0.1, 0.15) is 5.82 Å². The summed E-state index contributed by atoms with van der Waals surface area (Å²) in [5.74, 6) is 0.838. The number of hydrogen-bond acceptors (Lipinski definition) is 3. The van der Waals surface area contributed by atoms with E-state index in [1.807, 2.05) is 14.0 Å². The first kappa shape index (κ1) is 6.01. The summed E-state index contributed by atoms with van der Waals surface area (Å²) in [5.41, 5.74) is 1.04. The number of anilines is 1. The molecule has 1 radical (unpaired) electrons. The molecule has 3 heteroatoms. The van der Waals surface area contributed by atoms with Gasteiger partial charge in [-0.1, -0.05) is 0 Å². The summed E-state index contributed by atoms with van der Waals surface area (Å²) < 4.78 is 0. The van der Waals surface area contributed by atoms with Crippen molar-refractivity contribution in [3.63, 3.8) is 0 Å². The fraction of sp³-hybridized carbons (Fsp3) is 0.333. The van der Waals surface area contributed by atoms with Crippen LogP contribution in [0.15, 0.2) is 6.20 Å². The van der Waals surface area contributed by atoms with Crippen LogP contribution < -0.4 is 5.32 Å². The van der Waals surface area contributed by atoms with Crippen molar-refractivity contribution in [3.8, 4) is 0 Å². The third-order valence-electron chi connectivity index (χ3n) is 1.09. The minimum absolute atomic E-state index is 0.838. The van der Waals surface area contributed by atoms with E-state index in [9.17, 15) is 0 Å². The molecule has 0 amide bonds. The monoisotopic (exact) mass is 122 g/mol. The SMILES string of the molecule is CNc1n[c]ncc1C. The molecule has 1 rings (SSSR count). The Morgan fingerprint density at radius 1 is 1.67 bits per heavy atom. The van der Waals surface area contributed by atoms with Crippen molar-refractivity contribution < 1.29 is 0 Å². The van der Waals surface area contributed by atoms with Gasteiger partial charge in [0, 0.05) is 18.8 Å². The third kappa shape index (κ3) is 1.16. The van der Waals surface area contributed by atoms with Gasteiger partial charge < -0.3 is 5.32 Å². The summed E-state index contributed by atoms with van der Waals surface area (Å²) in [7, 11) is 1.82. The number of nitrogens with zero attached hydrogens (tertiary/aromatic N) is 2. The second-order valence-electron chi connectivity index (χ2n) is 1.75. The molecule has 47 valence electrons. The summed E-state index contributed by atoms with van der Waals surface area (Å²) in [5, 5.41) is 2.91. The van der Waals surface area contributed by atoms with E-state index in [2.05, 4.69) is 21.6 Å². The van der Waals surface area contributed by atoms with Crippen molar-refractivity contribution >= 4 is 5.82 Å². The lowest BCUT2D eigenvalue weighted by Crippen LogP contribution is -1.95. The molecular weight excluding hydrogens is 114 g/mol. The van der Waals surface area contributed by atoms with Crippen LogP contribution in [0, 0.1) is 13.3 Å². The van der Waals surface area contributed by atoms with E-state index in [1.54, 1.807) is 6.20 Å². The standard InChI is InChI=1S/C6H8N3/c1-5-3-8-4-9-6(5)7-2/h3H,1-2H3,(H,7,8,9). The molecule has 0 atom stereocenters. The first-order valence-electron chi connectivity index (χ1n) is 2.72. The molecule has 0 bridgehead atoms. The van der Waals surface area contributed by atoms with Crippen molar-refractivity contribution in [2.75, 3.05) is 12.4 Å². The molecule has 0 aromatic carbocycles. The molecule has 1 aromatic heterocycles. The van der Waals surface area contributed by atoms with Gasteiger partial charge in [-0.25, -0.2) is 9.97 Å². The smallest absolute Gasteiger partial charge is 0.199 e. The van der Waals surface area contributed by atoms with Crippen LogP contribution in [0.5, 0.6) is 0 Å². The molecule has 0 saturated heterocycles. The number of aromatic nitrogens is 2. The van der Waals surface area contributed by atoms with E-state index in [4.69, 9.17) is 0 Å². The van der Waals surface area contributed by atoms with Gasteiger partial charge in [0.15, 0.2) is 6.33 Å². The van der Waals surface area contributed by atoms with Crippen LogP contribution in [0.1, 0.15) is 5.56 Å². The first-order valence-corrected chi connectivity index (χ1v) is 2.72. The molecule has 1 aromatic rings. The Morgan fingerprint density at radius 3 is 2.89 bits per heavy atom. The summed E-state index contributed by atoms with van der Waals surface area (Å²) >= 11 is 0. The van der Waals surface area contributed by atoms with E-state index >= 15 is 0 Å². The van der Waals surface area contributed by atoms with Crippen LogP contribution in [0.3, 0.4) is 0 Å². The molecule has 1 heterocycles. The van der Waals surface area contributed by atoms with Crippen LogP contribution in [0.2, 0.25) is 0 Å². The van der Waals surface area contributed by atoms with Crippen LogP contribution in [0.4, 0.5) is 5.82 Å². The summed E-state index contributed by atoms with van der Waals surface area (Å²) in [6, 6.07) is 0. The van der Waals surface area contributed by atoms with Crippen molar-refractivity contribution in [1.29, 1.82) is 0 Å². The molecular formula is C6H8N3. The molecule has 0 aliphatic heterocycles. The fourth-order valence-electron chi connectivity index (χ4n) is 0.607. The van der Waals surface area contributed by atoms with Gasteiger partial charge in [0.25, 0.3) is 0 Å². The van der Waals surface area contributed by atoms with E-state index in [1.165, 1.54) is 0 Å². The Bertz CT molecular complexity index is 197. The van der Waals surface area contributed by atoms with Gasteiger partial charge in [-0.05, 0) is 6.92 Å². The maximum absolute atomic E-state index is 3.85. The summed E-state index contributed by atoms with van der Waals surface area (Å²) in [6.45, 7) is 1.94. The van der Waals surface area contributed by atoms with E-state index < -0.39 is 0 Å². The highest BCUT2D eigenvalue weighted by Crippen LogP contribution is 2.04. The largest absolute Gasteiger partial charge is 0.373 e. The second kappa shape index (κ2) is 2.44. The van der Waals surface area contributed by atoms with Gasteiger partial charge in [-0.3, -0.25) is 0 Å². The third-order valence-corrected chi connectivity index (χ3v) is 1.09. The molecule has 1 N–H and O–H groups in total. The molecule has 0 aliphatic rings. The molecule has 3 nitrogen and oxygen atoms in total. The normalized spacial score (nSPS) is 9.11. The van der Waals surface area contributed by atoms with Gasteiger partial charge >= 0.3 is 0 Å². The van der Waals surface area contributed by atoms with Gasteiger partial charge in [-0.15, -0.1) is 0 Å². The Morgan fingerprint density at radius 2 is 2.44 bits per heavy atom. The van der Waals surface area contributed by atoms with Gasteiger partial charge in [-0.2, -0.15) is 0 Å². The summed E-state index contributed by atoms with van der Waals surface area (Å²) in [4.78, 5) is 7.57. The van der Waals surface area contributed by atoms with E-state index in [0.717, 1.165) is 11.4 Å². The topological polar surface area (TPSA) is 37.8 Å². The van der Waals surface area contributed by atoms with Crippen LogP contribution in [0.25, 0.3) is 0 Å². The number of aryl methyl sites for hydroxylation is 1. The van der Waals surface area contributed by atoms with Crippen molar-refractivity contribution in [2.24, 2.45) is 0 Å². The lowest BCUT2D eigenvalue weighted by atomic mass is 10.3. The Labute approximate surface area is 54.2 Å². The highest BCUT2D eigenvalue weighted by Gasteiger charge is 1.92. The van der Waals surface area contributed by atoms with Crippen LogP contribution in [-0.2, 0) is 0 Å². The second-order valence-corrected chi connectivity index (χ2v) is 1.75. The Hall–Kier alpha value is -1.12. The number of rotatable bonds is 1. The maximum atomic E-state index is 3.85. The molecule has 9 heavy (non-hydrogen) atoms. The predicted molar refractivity (Wildman–Crippen MR) is 35.2 cm³/mol. The highest BCUT2D eigenvalue weighted by atomic mass is 15.0. The quantitative estimate of drug-likeness (QED) is 0.593. The van der Waals surface area contributed by atoms with Gasteiger partial charge in [0.2, 0.25) is 0 Å². The number of hydrogen-bond donors (Lipinski definition) is 1. The fourth-order valence-corrected chi connectivity index (χ4v) is 0.607. The minimum atomic E-state index is 0.838. The van der Waals surface area contributed by atoms with Crippen LogP contribution >= 0.6 is 0 Å². The van der Waals surface area contributed by atoms with Crippen molar-refractivity contribution in [1.82, 2.24) is 9.97 Å². The van der Waals surface area contributed by atoms with Crippen molar-refractivity contribution in [3.05, 3.63) is 18.1 Å². The zero-order chi connectivity index (χ0) is 6.69. The summed E-state index contributed by atoms with van der Waals surface area (Å²) in [6.07, 6.45) is 4.21. The Balaban J connectivity index is 3.01. The van der Waals surface area contributed by atoms with Crippen molar-refractivity contribution in [2.45, 2.75) is 6.92 Å². The maximum Gasteiger partial charge on any atom is 0.199 e. The van der Waals surface area contributed by atoms with Crippen LogP contribution in [-0.4, -0.2) is 17.0 Å². The zero-order valence-electron chi connectivity index (χ0n) is 5.47. The zero-order valence-corrected chi connectivity index (χ0v) is 5.47. The molecule has 0 fully saturated rings. The lowest BCUT2D eigenvalue weighted by molar-refractivity contribution is 1.11. The highest BCUT2D eigenvalue weighted by molar-refractivity contribution is 5.39. The Kier molecular flexibility index (Phi) is 1.63. The molecule has 0 saturated carbocycles. The average Bonchev–Trinajstić information content (AvgIpc) is 1.89. The first-order chi connectivity index (χ1) is 4.34. The molecule has 0 unspecified atom stereocenters.